The van der Waals surface area contributed by atoms with Crippen LogP contribution in [-0.2, 0) is 14.3 Å². The summed E-state index contributed by atoms with van der Waals surface area (Å²) in [6.45, 7) is 1.79. The van der Waals surface area contributed by atoms with Crippen LogP contribution in [0.15, 0.2) is 0 Å². The molecule has 4 nitrogen and oxygen atoms in total. The van der Waals surface area contributed by atoms with Crippen molar-refractivity contribution in [1.29, 1.82) is 0 Å². The number of hydrogen-bond donors (Lipinski definition) is 1. The lowest BCUT2D eigenvalue weighted by Crippen LogP contribution is -2.33. The largest absolute Gasteiger partial charge is 0.469 e. The standard InChI is InChI=1S/C9H15NO3/c1-12-7(11)9(5-10)4-8(9)2-3-13-6-8/h2-6,10H2,1H3. The Morgan fingerprint density at radius 1 is 1.69 bits per heavy atom. The molecule has 0 amide bonds. The normalized spacial score (nSPS) is 42.3. The molecule has 2 rings (SSSR count). The molecule has 2 atom stereocenters. The summed E-state index contributed by atoms with van der Waals surface area (Å²) in [6, 6.07) is 0. The zero-order valence-electron chi connectivity index (χ0n) is 7.84. The molecule has 2 fully saturated rings. The molecular formula is C9H15NO3. The van der Waals surface area contributed by atoms with Crippen LogP contribution in [0, 0.1) is 10.8 Å². The van der Waals surface area contributed by atoms with Crippen LogP contribution in [0.2, 0.25) is 0 Å². The van der Waals surface area contributed by atoms with E-state index in [9.17, 15) is 4.79 Å². The summed E-state index contributed by atoms with van der Waals surface area (Å²) in [7, 11) is 1.42. The molecule has 1 saturated heterocycles. The van der Waals surface area contributed by atoms with E-state index in [2.05, 4.69) is 0 Å². The van der Waals surface area contributed by atoms with Gasteiger partial charge < -0.3 is 15.2 Å². The van der Waals surface area contributed by atoms with Crippen LogP contribution in [0.5, 0.6) is 0 Å². The monoisotopic (exact) mass is 185 g/mol. The van der Waals surface area contributed by atoms with E-state index in [1.165, 1.54) is 7.11 Å². The Kier molecular flexibility index (Phi) is 1.85. The van der Waals surface area contributed by atoms with E-state index >= 15 is 0 Å². The molecule has 0 aromatic rings. The second-order valence-electron chi connectivity index (χ2n) is 4.04. The van der Waals surface area contributed by atoms with Gasteiger partial charge in [0.2, 0.25) is 0 Å². The first-order valence-electron chi connectivity index (χ1n) is 4.57. The van der Waals surface area contributed by atoms with Crippen molar-refractivity contribution in [2.75, 3.05) is 26.9 Å². The summed E-state index contributed by atoms with van der Waals surface area (Å²) >= 11 is 0. The molecule has 1 saturated carbocycles. The Bertz CT molecular complexity index is 235. The second kappa shape index (κ2) is 2.69. The predicted octanol–water partition coefficient (Wildman–Crippen LogP) is -0.0851. The second-order valence-corrected chi connectivity index (χ2v) is 4.04. The van der Waals surface area contributed by atoms with Crippen LogP contribution in [0.25, 0.3) is 0 Å². The number of carbonyl (C=O) groups is 1. The SMILES string of the molecule is COC(=O)C1(CN)CC12CCOC2. The molecule has 0 aromatic heterocycles. The average molecular weight is 185 g/mol. The number of esters is 1. The van der Waals surface area contributed by atoms with Crippen molar-refractivity contribution in [1.82, 2.24) is 0 Å². The molecule has 2 aliphatic rings. The highest BCUT2D eigenvalue weighted by molar-refractivity contribution is 5.82. The zero-order valence-corrected chi connectivity index (χ0v) is 7.84. The van der Waals surface area contributed by atoms with E-state index in [1.54, 1.807) is 0 Å². The first-order chi connectivity index (χ1) is 6.21. The Hall–Kier alpha value is -0.610. The van der Waals surface area contributed by atoms with E-state index in [0.717, 1.165) is 19.4 Å². The lowest BCUT2D eigenvalue weighted by molar-refractivity contribution is -0.148. The van der Waals surface area contributed by atoms with E-state index in [4.69, 9.17) is 15.2 Å². The van der Waals surface area contributed by atoms with Gasteiger partial charge in [0.1, 0.15) is 0 Å². The Balaban J connectivity index is 2.17. The first-order valence-corrected chi connectivity index (χ1v) is 4.57. The van der Waals surface area contributed by atoms with Crippen molar-refractivity contribution in [3.05, 3.63) is 0 Å². The van der Waals surface area contributed by atoms with Gasteiger partial charge in [-0.15, -0.1) is 0 Å². The number of ether oxygens (including phenoxy) is 2. The van der Waals surface area contributed by atoms with Gasteiger partial charge in [-0.1, -0.05) is 0 Å². The maximum atomic E-state index is 11.5. The maximum absolute atomic E-state index is 11.5. The van der Waals surface area contributed by atoms with E-state index in [-0.39, 0.29) is 11.4 Å². The number of hydrogen-bond acceptors (Lipinski definition) is 4. The van der Waals surface area contributed by atoms with Gasteiger partial charge in [0.15, 0.2) is 0 Å². The molecule has 13 heavy (non-hydrogen) atoms. The highest BCUT2D eigenvalue weighted by Gasteiger charge is 2.72. The molecule has 2 unspecified atom stereocenters. The van der Waals surface area contributed by atoms with Gasteiger partial charge in [-0.05, 0) is 12.8 Å². The van der Waals surface area contributed by atoms with Gasteiger partial charge in [0, 0.05) is 18.6 Å². The van der Waals surface area contributed by atoms with Gasteiger partial charge in [-0.25, -0.2) is 0 Å². The fourth-order valence-corrected chi connectivity index (χ4v) is 2.51. The van der Waals surface area contributed by atoms with Gasteiger partial charge in [0.05, 0.1) is 19.1 Å². The lowest BCUT2D eigenvalue weighted by Gasteiger charge is -2.16. The summed E-state index contributed by atoms with van der Waals surface area (Å²) in [5.41, 5.74) is 5.22. The third-order valence-electron chi connectivity index (χ3n) is 3.56. The smallest absolute Gasteiger partial charge is 0.313 e. The molecule has 4 heteroatoms. The number of nitrogens with two attached hydrogens (primary N) is 1. The molecule has 0 aromatic carbocycles. The molecule has 0 radical (unpaired) electrons. The van der Waals surface area contributed by atoms with Gasteiger partial charge >= 0.3 is 5.97 Å². The quantitative estimate of drug-likeness (QED) is 0.611. The van der Waals surface area contributed by atoms with Crippen molar-refractivity contribution >= 4 is 5.97 Å². The Morgan fingerprint density at radius 3 is 2.92 bits per heavy atom. The summed E-state index contributed by atoms with van der Waals surface area (Å²) in [5.74, 6) is -0.166. The van der Waals surface area contributed by atoms with E-state index in [1.807, 2.05) is 0 Å². The number of rotatable bonds is 2. The predicted molar refractivity (Wildman–Crippen MR) is 46.0 cm³/mol. The number of carbonyl (C=O) groups excluding carboxylic acids is 1. The molecule has 1 aliphatic heterocycles. The van der Waals surface area contributed by atoms with Gasteiger partial charge in [-0.2, -0.15) is 0 Å². The van der Waals surface area contributed by atoms with Gasteiger partial charge in [-0.3, -0.25) is 4.79 Å². The Morgan fingerprint density at radius 2 is 2.46 bits per heavy atom. The maximum Gasteiger partial charge on any atom is 0.313 e. The Labute approximate surface area is 77.4 Å². The van der Waals surface area contributed by atoms with Crippen LogP contribution < -0.4 is 5.73 Å². The molecule has 1 aliphatic carbocycles. The zero-order chi connectivity index (χ0) is 9.53. The van der Waals surface area contributed by atoms with Crippen molar-refractivity contribution in [3.63, 3.8) is 0 Å². The highest BCUT2D eigenvalue weighted by atomic mass is 16.5. The fraction of sp³-hybridized carbons (Fsp3) is 0.889. The average Bonchev–Trinajstić information content (AvgIpc) is 2.52. The third-order valence-corrected chi connectivity index (χ3v) is 3.56. The van der Waals surface area contributed by atoms with Crippen LogP contribution in [-0.4, -0.2) is 32.8 Å². The van der Waals surface area contributed by atoms with Crippen LogP contribution >= 0.6 is 0 Å². The minimum Gasteiger partial charge on any atom is -0.469 e. The van der Waals surface area contributed by atoms with Crippen molar-refractivity contribution < 1.29 is 14.3 Å². The van der Waals surface area contributed by atoms with Crippen molar-refractivity contribution in [2.45, 2.75) is 12.8 Å². The fourth-order valence-electron chi connectivity index (χ4n) is 2.51. The summed E-state index contributed by atoms with van der Waals surface area (Å²) in [4.78, 5) is 11.5. The highest BCUT2D eigenvalue weighted by Crippen LogP contribution is 2.67. The molecule has 1 heterocycles. The van der Waals surface area contributed by atoms with Crippen molar-refractivity contribution in [2.24, 2.45) is 16.6 Å². The first kappa shape index (κ1) is 8.97. The topological polar surface area (TPSA) is 61.5 Å². The molecule has 1 spiro atoms. The van der Waals surface area contributed by atoms with Crippen LogP contribution in [0.3, 0.4) is 0 Å². The van der Waals surface area contributed by atoms with E-state index in [0.29, 0.717) is 13.2 Å². The van der Waals surface area contributed by atoms with Gasteiger partial charge in [0.25, 0.3) is 0 Å². The minimum absolute atomic E-state index is 0.00877. The van der Waals surface area contributed by atoms with E-state index < -0.39 is 5.41 Å². The summed E-state index contributed by atoms with van der Waals surface area (Å²) < 4.78 is 10.1. The molecular weight excluding hydrogens is 170 g/mol. The summed E-state index contributed by atoms with van der Waals surface area (Å²) in [6.07, 6.45) is 1.78. The summed E-state index contributed by atoms with van der Waals surface area (Å²) in [5, 5.41) is 0. The molecule has 74 valence electrons. The molecule has 2 N–H and O–H groups in total. The number of methoxy groups -OCH3 is 1. The third kappa shape index (κ3) is 0.957. The minimum atomic E-state index is -0.432. The molecule has 0 bridgehead atoms. The lowest BCUT2D eigenvalue weighted by atomic mass is 9.92. The van der Waals surface area contributed by atoms with Crippen LogP contribution in [0.4, 0.5) is 0 Å². The van der Waals surface area contributed by atoms with Crippen molar-refractivity contribution in [3.8, 4) is 0 Å². The van der Waals surface area contributed by atoms with Crippen LogP contribution in [0.1, 0.15) is 12.8 Å².